The highest BCUT2D eigenvalue weighted by atomic mass is 35.5. The van der Waals surface area contributed by atoms with E-state index < -0.39 is 4.92 Å². The molecule has 146 valence electrons. The highest BCUT2D eigenvalue weighted by Gasteiger charge is 2.23. The zero-order chi connectivity index (χ0) is 20.1. The van der Waals surface area contributed by atoms with Gasteiger partial charge >= 0.3 is 0 Å². The van der Waals surface area contributed by atoms with E-state index in [1.807, 2.05) is 4.90 Å². The molecular formula is C19H19ClN4O4. The van der Waals surface area contributed by atoms with Gasteiger partial charge in [0.1, 0.15) is 0 Å². The third-order valence-electron chi connectivity index (χ3n) is 4.50. The fourth-order valence-corrected chi connectivity index (χ4v) is 3.16. The van der Waals surface area contributed by atoms with Gasteiger partial charge in [-0.2, -0.15) is 0 Å². The number of nitrogens with one attached hydrogen (secondary N) is 1. The molecule has 0 saturated carbocycles. The third-order valence-corrected chi connectivity index (χ3v) is 4.83. The predicted molar refractivity (Wildman–Crippen MR) is 106 cm³/mol. The monoisotopic (exact) mass is 402 g/mol. The maximum absolute atomic E-state index is 12.5. The van der Waals surface area contributed by atoms with E-state index in [-0.39, 0.29) is 24.0 Å². The molecule has 1 saturated heterocycles. The Morgan fingerprint density at radius 2 is 1.68 bits per heavy atom. The number of non-ortho nitro benzene ring substituents is 1. The smallest absolute Gasteiger partial charge is 0.269 e. The molecule has 9 heteroatoms. The highest BCUT2D eigenvalue weighted by molar-refractivity contribution is 6.33. The molecule has 3 rings (SSSR count). The molecule has 2 aromatic carbocycles. The predicted octanol–water partition coefficient (Wildman–Crippen LogP) is 2.64. The molecule has 1 N–H and O–H groups in total. The van der Waals surface area contributed by atoms with Crippen LogP contribution in [0.15, 0.2) is 48.5 Å². The second-order valence-corrected chi connectivity index (χ2v) is 6.81. The summed E-state index contributed by atoms with van der Waals surface area (Å²) in [6, 6.07) is 12.6. The molecule has 0 spiro atoms. The van der Waals surface area contributed by atoms with Gasteiger partial charge in [-0.3, -0.25) is 24.6 Å². The van der Waals surface area contributed by atoms with E-state index in [4.69, 9.17) is 11.6 Å². The number of carbonyl (C=O) groups is 2. The van der Waals surface area contributed by atoms with Gasteiger partial charge in [0, 0.05) is 43.9 Å². The maximum atomic E-state index is 12.5. The zero-order valence-corrected chi connectivity index (χ0v) is 15.8. The first-order valence-corrected chi connectivity index (χ1v) is 9.12. The standard InChI is InChI=1S/C19H19ClN4O4/c20-16-3-1-2-4-17(16)21-18(25)13-22-9-11-23(12-10-22)19(26)14-5-7-15(8-6-14)24(27)28/h1-8H,9-13H2,(H,21,25). The number of nitrogens with zero attached hydrogens (tertiary/aromatic N) is 3. The summed E-state index contributed by atoms with van der Waals surface area (Å²) in [4.78, 5) is 38.6. The molecule has 0 aliphatic carbocycles. The van der Waals surface area contributed by atoms with Gasteiger partial charge in [-0.05, 0) is 24.3 Å². The Morgan fingerprint density at radius 3 is 2.29 bits per heavy atom. The Balaban J connectivity index is 1.50. The summed E-state index contributed by atoms with van der Waals surface area (Å²) >= 11 is 6.04. The van der Waals surface area contributed by atoms with Crippen LogP contribution >= 0.6 is 11.6 Å². The summed E-state index contributed by atoms with van der Waals surface area (Å²) < 4.78 is 0. The van der Waals surface area contributed by atoms with Crippen LogP contribution in [-0.4, -0.2) is 59.3 Å². The van der Waals surface area contributed by atoms with Crippen LogP contribution in [0.3, 0.4) is 0 Å². The third kappa shape index (κ3) is 4.85. The highest BCUT2D eigenvalue weighted by Crippen LogP contribution is 2.20. The Bertz CT molecular complexity index is 880. The number of anilines is 1. The van der Waals surface area contributed by atoms with E-state index in [0.29, 0.717) is 42.5 Å². The van der Waals surface area contributed by atoms with E-state index in [0.717, 1.165) is 0 Å². The summed E-state index contributed by atoms with van der Waals surface area (Å²) in [5.74, 6) is -0.335. The summed E-state index contributed by atoms with van der Waals surface area (Å²) in [6.45, 7) is 2.30. The van der Waals surface area contributed by atoms with E-state index >= 15 is 0 Å². The van der Waals surface area contributed by atoms with Crippen molar-refractivity contribution in [1.82, 2.24) is 9.80 Å². The molecule has 0 unspecified atom stereocenters. The van der Waals surface area contributed by atoms with E-state index in [1.165, 1.54) is 24.3 Å². The van der Waals surface area contributed by atoms with Crippen LogP contribution in [0, 0.1) is 10.1 Å². The average Bonchev–Trinajstić information content (AvgIpc) is 2.70. The fourth-order valence-electron chi connectivity index (χ4n) is 2.97. The van der Waals surface area contributed by atoms with Crippen molar-refractivity contribution < 1.29 is 14.5 Å². The van der Waals surface area contributed by atoms with Crippen LogP contribution in [0.4, 0.5) is 11.4 Å². The van der Waals surface area contributed by atoms with Crippen LogP contribution in [0.2, 0.25) is 5.02 Å². The normalized spacial score (nSPS) is 14.5. The van der Waals surface area contributed by atoms with Gasteiger partial charge in [0.25, 0.3) is 11.6 Å². The fraction of sp³-hybridized carbons (Fsp3) is 0.263. The van der Waals surface area contributed by atoms with E-state index in [1.54, 1.807) is 29.2 Å². The van der Waals surface area contributed by atoms with Gasteiger partial charge in [0.15, 0.2) is 0 Å². The van der Waals surface area contributed by atoms with Crippen molar-refractivity contribution in [1.29, 1.82) is 0 Å². The lowest BCUT2D eigenvalue weighted by atomic mass is 10.1. The topological polar surface area (TPSA) is 95.8 Å². The minimum atomic E-state index is -0.499. The molecule has 1 aliphatic rings. The Labute approximate surface area is 166 Å². The average molecular weight is 403 g/mol. The summed E-state index contributed by atoms with van der Waals surface area (Å²) in [5.41, 5.74) is 0.933. The molecular weight excluding hydrogens is 384 g/mol. The summed E-state index contributed by atoms with van der Waals surface area (Å²) in [5, 5.41) is 14.0. The molecule has 0 radical (unpaired) electrons. The summed E-state index contributed by atoms with van der Waals surface area (Å²) in [6.07, 6.45) is 0. The number of hydrogen-bond acceptors (Lipinski definition) is 5. The van der Waals surface area contributed by atoms with E-state index in [2.05, 4.69) is 5.32 Å². The van der Waals surface area contributed by atoms with Gasteiger partial charge in [-0.1, -0.05) is 23.7 Å². The van der Waals surface area contributed by atoms with Crippen molar-refractivity contribution in [3.63, 3.8) is 0 Å². The van der Waals surface area contributed by atoms with Crippen LogP contribution in [0.1, 0.15) is 10.4 Å². The first kappa shape index (κ1) is 19.8. The number of rotatable bonds is 5. The molecule has 1 aliphatic heterocycles. The number of halogens is 1. The van der Waals surface area contributed by atoms with Crippen molar-refractivity contribution in [2.45, 2.75) is 0 Å². The number of para-hydroxylation sites is 1. The van der Waals surface area contributed by atoms with Crippen molar-refractivity contribution in [2.75, 3.05) is 38.0 Å². The van der Waals surface area contributed by atoms with Gasteiger partial charge in [0.2, 0.25) is 5.91 Å². The number of benzene rings is 2. The first-order valence-electron chi connectivity index (χ1n) is 8.74. The number of nitro groups is 1. The molecule has 0 bridgehead atoms. The Morgan fingerprint density at radius 1 is 1.04 bits per heavy atom. The van der Waals surface area contributed by atoms with Crippen LogP contribution < -0.4 is 5.32 Å². The maximum Gasteiger partial charge on any atom is 0.269 e. The largest absolute Gasteiger partial charge is 0.336 e. The lowest BCUT2D eigenvalue weighted by molar-refractivity contribution is -0.384. The second kappa shape index (κ2) is 8.81. The second-order valence-electron chi connectivity index (χ2n) is 6.40. The van der Waals surface area contributed by atoms with Gasteiger partial charge < -0.3 is 10.2 Å². The molecule has 0 aromatic heterocycles. The number of amides is 2. The zero-order valence-electron chi connectivity index (χ0n) is 15.0. The molecule has 28 heavy (non-hydrogen) atoms. The Hall–Kier alpha value is -2.97. The molecule has 1 heterocycles. The van der Waals surface area contributed by atoms with E-state index in [9.17, 15) is 19.7 Å². The first-order chi connectivity index (χ1) is 13.4. The minimum absolute atomic E-state index is 0.0501. The quantitative estimate of drug-likeness (QED) is 0.612. The number of piperazine rings is 1. The van der Waals surface area contributed by atoms with Gasteiger partial charge in [-0.25, -0.2) is 0 Å². The lowest BCUT2D eigenvalue weighted by Gasteiger charge is -2.34. The Kier molecular flexibility index (Phi) is 6.23. The van der Waals surface area contributed by atoms with Crippen LogP contribution in [0.25, 0.3) is 0 Å². The van der Waals surface area contributed by atoms with Crippen molar-refractivity contribution >= 4 is 34.8 Å². The van der Waals surface area contributed by atoms with Crippen molar-refractivity contribution in [2.24, 2.45) is 0 Å². The number of hydrogen-bond donors (Lipinski definition) is 1. The van der Waals surface area contributed by atoms with Gasteiger partial charge in [-0.15, -0.1) is 0 Å². The summed E-state index contributed by atoms with van der Waals surface area (Å²) in [7, 11) is 0. The minimum Gasteiger partial charge on any atom is -0.336 e. The number of nitro benzene ring substituents is 1. The molecule has 0 atom stereocenters. The molecule has 1 fully saturated rings. The lowest BCUT2D eigenvalue weighted by Crippen LogP contribution is -2.50. The molecule has 8 nitrogen and oxygen atoms in total. The molecule has 2 amide bonds. The molecule has 2 aromatic rings. The van der Waals surface area contributed by atoms with Crippen LogP contribution in [0.5, 0.6) is 0 Å². The SMILES string of the molecule is O=C(CN1CCN(C(=O)c2ccc([N+](=O)[O-])cc2)CC1)Nc1ccccc1Cl. The van der Waals surface area contributed by atoms with Gasteiger partial charge in [0.05, 0.1) is 22.2 Å². The van der Waals surface area contributed by atoms with Crippen molar-refractivity contribution in [3.05, 3.63) is 69.2 Å². The number of carbonyl (C=O) groups excluding carboxylic acids is 2. The van der Waals surface area contributed by atoms with Crippen molar-refractivity contribution in [3.8, 4) is 0 Å². The van der Waals surface area contributed by atoms with Crippen LogP contribution in [-0.2, 0) is 4.79 Å².